The molecule has 0 aliphatic heterocycles. The van der Waals surface area contributed by atoms with Crippen LogP contribution in [0.2, 0.25) is 130 Å². The molecule has 0 fully saturated rings. The number of hydrogen-bond donors (Lipinski definition) is 4. The van der Waals surface area contributed by atoms with E-state index in [4.69, 9.17) is 49.1 Å². The molecule has 0 saturated carbocycles. The van der Waals surface area contributed by atoms with Gasteiger partial charge in [0.05, 0.1) is 37.3 Å². The summed E-state index contributed by atoms with van der Waals surface area (Å²) in [6.07, 6.45) is 2.90. The van der Waals surface area contributed by atoms with E-state index in [2.05, 4.69) is 142 Å². The zero-order chi connectivity index (χ0) is 66.9. The molecule has 0 saturated heterocycles. The van der Waals surface area contributed by atoms with E-state index >= 15 is 0 Å². The molecular formula is C67H144O18Si8. The number of ether oxygens (including phenoxy) is 4. The number of carbonyl (C=O) groups excluding carboxylic acids is 4. The summed E-state index contributed by atoms with van der Waals surface area (Å²) in [6.45, 7) is 59.1. The van der Waals surface area contributed by atoms with Crippen molar-refractivity contribution in [2.45, 2.75) is 250 Å². The van der Waals surface area contributed by atoms with Gasteiger partial charge < -0.3 is 64.1 Å². The number of hydrogen-bond acceptors (Lipinski definition) is 18. The van der Waals surface area contributed by atoms with E-state index < -0.39 is 102 Å². The van der Waals surface area contributed by atoms with Crippen LogP contribution in [0.3, 0.4) is 0 Å². The lowest BCUT2D eigenvalue weighted by Crippen LogP contribution is -2.60. The van der Waals surface area contributed by atoms with Crippen LogP contribution in [0.1, 0.15) is 131 Å². The monoisotopic (exact) mass is 1460 g/mol. The maximum absolute atomic E-state index is 13.7. The molecule has 2 aromatic rings. The fourth-order valence-corrected chi connectivity index (χ4v) is 37.1. The molecule has 552 valence electrons. The highest BCUT2D eigenvalue weighted by molar-refractivity contribution is 6.91. The number of benzene rings is 2. The van der Waals surface area contributed by atoms with Crippen molar-refractivity contribution in [2.24, 2.45) is 10.8 Å². The van der Waals surface area contributed by atoms with Crippen LogP contribution in [0.5, 0.6) is 11.5 Å². The van der Waals surface area contributed by atoms with Gasteiger partial charge in [0.25, 0.3) is 0 Å². The van der Waals surface area contributed by atoms with Gasteiger partial charge in [0.2, 0.25) is 0 Å². The summed E-state index contributed by atoms with van der Waals surface area (Å²) in [4.78, 5) is 49.2. The topological polar surface area (TPSA) is 241 Å². The van der Waals surface area contributed by atoms with Crippen molar-refractivity contribution < 1.29 is 83.2 Å². The van der Waals surface area contributed by atoms with Crippen LogP contribution in [0, 0.1) is 10.8 Å². The number of phenolic OH excluding ortho intramolecular Hbond substituents is 2. The number of esters is 4. The van der Waals surface area contributed by atoms with Gasteiger partial charge in [-0.1, -0.05) is 116 Å². The third kappa shape index (κ3) is 48.0. The molecule has 0 bridgehead atoms. The second-order valence-corrected chi connectivity index (χ2v) is 61.3. The van der Waals surface area contributed by atoms with Gasteiger partial charge in [-0.05, 0) is 207 Å². The van der Waals surface area contributed by atoms with Crippen LogP contribution in [0.4, 0.5) is 0 Å². The second kappa shape index (κ2) is 48.3. The van der Waals surface area contributed by atoms with Crippen LogP contribution < -0.4 is 0 Å². The Labute approximate surface area is 579 Å². The first-order chi connectivity index (χ1) is 38.3. The predicted octanol–water partition coefficient (Wildman–Crippen LogP) is 18.7. The Bertz CT molecular complexity index is 2300. The first-order valence-corrected chi connectivity index (χ1v) is 53.3. The van der Waals surface area contributed by atoms with Crippen molar-refractivity contribution in [3.63, 3.8) is 0 Å². The van der Waals surface area contributed by atoms with Gasteiger partial charge in [-0.25, -0.2) is 9.59 Å². The minimum Gasteiger partial charge on any atom is -0.508 e. The lowest BCUT2D eigenvalue weighted by molar-refractivity contribution is -0.179. The molecule has 93 heavy (non-hydrogen) atoms. The quantitative estimate of drug-likeness (QED) is 0.0175. The number of aliphatic hydroxyl groups is 2. The van der Waals surface area contributed by atoms with E-state index in [1.54, 1.807) is 77.1 Å². The predicted molar refractivity (Wildman–Crippen MR) is 415 cm³/mol. The Morgan fingerprint density at radius 1 is 0.452 bits per heavy atom. The second-order valence-electron chi connectivity index (χ2n) is 27.3. The van der Waals surface area contributed by atoms with E-state index in [0.29, 0.717) is 48.4 Å². The molecule has 26 heteroatoms. The van der Waals surface area contributed by atoms with E-state index in [-0.39, 0.29) is 104 Å². The van der Waals surface area contributed by atoms with Gasteiger partial charge in [0.15, 0.2) is 49.9 Å². The largest absolute Gasteiger partial charge is 0.508 e. The van der Waals surface area contributed by atoms with Crippen LogP contribution in [0.25, 0.3) is 6.08 Å². The average Bonchev–Trinajstić information content (AvgIpc) is 0.756. The van der Waals surface area contributed by atoms with Crippen molar-refractivity contribution >= 4 is 97.5 Å². The van der Waals surface area contributed by atoms with Crippen LogP contribution in [-0.4, -0.2) is 151 Å². The molecule has 0 aliphatic carbocycles. The molecule has 0 aromatic heterocycles. The van der Waals surface area contributed by atoms with E-state index in [9.17, 15) is 29.4 Å². The molecule has 0 spiro atoms. The van der Waals surface area contributed by atoms with Crippen LogP contribution >= 0.6 is 0 Å². The Kier molecular flexibility index (Phi) is 57.6. The lowest BCUT2D eigenvalue weighted by atomic mass is 9.58. The highest BCUT2D eigenvalue weighted by Crippen LogP contribution is 2.51. The average molecular weight is 1460 g/mol. The third-order valence-electron chi connectivity index (χ3n) is 11.5. The third-order valence-corrected chi connectivity index (χ3v) is 35.6. The van der Waals surface area contributed by atoms with Crippen molar-refractivity contribution in [2.75, 3.05) is 39.6 Å². The molecule has 2 rings (SSSR count). The minimum absolute atomic E-state index is 0. The molecule has 0 aliphatic rings. The minimum atomic E-state index is -3.08. The van der Waals surface area contributed by atoms with E-state index in [1.807, 2.05) is 19.1 Å². The molecule has 0 radical (unpaired) electrons. The number of rotatable bonds is 32. The highest BCUT2D eigenvalue weighted by atomic mass is 28.5. The highest BCUT2D eigenvalue weighted by Gasteiger charge is 2.58. The summed E-state index contributed by atoms with van der Waals surface area (Å²) >= 11 is 0. The Morgan fingerprint density at radius 3 is 0.978 bits per heavy atom. The van der Waals surface area contributed by atoms with Crippen LogP contribution in [-0.2, 0) is 62.8 Å². The fourth-order valence-electron chi connectivity index (χ4n) is 7.88. The summed E-state index contributed by atoms with van der Waals surface area (Å²) in [5.41, 5.74) is -0.111. The molecular weight excluding hydrogens is 1320 g/mol. The normalized spacial score (nSPS) is 12.4. The van der Waals surface area contributed by atoms with Gasteiger partial charge in [0.1, 0.15) is 24.7 Å². The number of aromatic hydroxyl groups is 2. The molecule has 4 N–H and O–H groups in total. The fraction of sp³-hybridized carbons (Fsp3) is 0.672. The smallest absolute Gasteiger partial charge is 0.469 e. The maximum Gasteiger partial charge on any atom is 0.469 e. The van der Waals surface area contributed by atoms with Gasteiger partial charge in [0, 0.05) is 23.2 Å². The molecule has 2 atom stereocenters. The van der Waals surface area contributed by atoms with Gasteiger partial charge >= 0.3 is 41.5 Å². The molecule has 2 unspecified atom stereocenters. The van der Waals surface area contributed by atoms with E-state index in [1.165, 1.54) is 0 Å². The molecule has 0 heterocycles. The van der Waals surface area contributed by atoms with Crippen molar-refractivity contribution in [1.29, 1.82) is 0 Å². The first kappa shape index (κ1) is 111. The first-order valence-electron chi connectivity index (χ1n) is 29.0. The van der Waals surface area contributed by atoms with Gasteiger partial charge in [-0.15, -0.1) is 0 Å². The molecule has 2 aromatic carbocycles. The summed E-state index contributed by atoms with van der Waals surface area (Å²) in [7, 11) is -17.6. The summed E-state index contributed by atoms with van der Waals surface area (Å²) in [5, 5.41) is 36.1. The van der Waals surface area contributed by atoms with Gasteiger partial charge in [-0.3, -0.25) is 9.59 Å². The van der Waals surface area contributed by atoms with Crippen molar-refractivity contribution in [1.82, 2.24) is 0 Å². The van der Waals surface area contributed by atoms with Gasteiger partial charge in [-0.2, -0.15) is 0 Å². The summed E-state index contributed by atoms with van der Waals surface area (Å²) in [5.74, 6) is -2.04. The SMILES string of the molecule is C.C.C.C.C.C.C.C.C=C(C)C(=O)OCCC[Si](O[Si](C)(C)C)(O[Si](C)(C)C)O[Si](C)(C)C.C=C(C)C(=O)OCCO.C=Cc1ccc(O)cc1.CC(c1ccc(O)cc1)C(C)(C(=O)OCCO)C(C)(C)C(=O)OCCC[Si](O[Si](C)(C)C)(O[Si](C)(C)C)O[Si](C)(C)C. The molecule has 18 nitrogen and oxygen atoms in total. The zero-order valence-electron chi connectivity index (χ0n) is 56.5. The Morgan fingerprint density at radius 2 is 0.710 bits per heavy atom. The van der Waals surface area contributed by atoms with Crippen molar-refractivity contribution in [3.8, 4) is 11.5 Å². The number of aliphatic hydroxyl groups excluding tert-OH is 2. The maximum atomic E-state index is 13.7. The summed E-state index contributed by atoms with van der Waals surface area (Å²) < 4.78 is 60.9. The Balaban J connectivity index is -0.000000143. The lowest BCUT2D eigenvalue weighted by Gasteiger charge is -2.44. The molecule has 0 amide bonds. The van der Waals surface area contributed by atoms with Crippen LogP contribution in [0.15, 0.2) is 79.4 Å². The van der Waals surface area contributed by atoms with E-state index in [0.717, 1.165) is 11.1 Å². The zero-order valence-corrected chi connectivity index (χ0v) is 64.5. The number of carbonyl (C=O) groups is 4. The Hall–Kier alpha value is -3.44. The number of phenols is 2. The standard InChI is InChI=1S/C29H56O9Si4.C16H38O5Si4.C8H8O.C6H10O3.8CH4/c1-23(24-15-17-25(31)18-16-24)29(4,27(33)35-21-19-30)28(2,3)26(32)34-20-14-22-42(36-39(5,6)7,37-40(8,9)10)38-41(11,12)13;1-15(2)16(17)18-13-12-14-25(19-22(3,4)5,20-23(6,7)8)21-24(9,10)11;1-2-7-3-5-8(9)6-4-7;1-5(2)6(8)9-4-3-7;;;;;;;;/h15-18,23,30-31H,14,19-22H2,1-13H3;1,12-14H2,2-11H3;2-6,9H,1H2;7H,1,3-4H2,2H3;8*1H4. The summed E-state index contributed by atoms with van der Waals surface area (Å²) in [6, 6.07) is 14.6. The van der Waals surface area contributed by atoms with Crippen molar-refractivity contribution in [3.05, 3.63) is 90.5 Å².